The minimum atomic E-state index is -0.00573. The van der Waals surface area contributed by atoms with Crippen LogP contribution in [0, 0.1) is 12.3 Å². The molecule has 2 N–H and O–H groups in total. The fraction of sp³-hybridized carbons (Fsp3) is 0.429. The summed E-state index contributed by atoms with van der Waals surface area (Å²) in [6.07, 6.45) is 6.41. The summed E-state index contributed by atoms with van der Waals surface area (Å²) in [5, 5.41) is 0.712. The first-order chi connectivity index (χ1) is 8.10. The number of terminal acetylenes is 1. The van der Waals surface area contributed by atoms with Crippen LogP contribution in [0.1, 0.15) is 31.9 Å². The number of nitrogens with two attached hydrogens (primary N) is 1. The van der Waals surface area contributed by atoms with Crippen molar-refractivity contribution in [2.45, 2.75) is 26.3 Å². The van der Waals surface area contributed by atoms with E-state index in [4.69, 9.17) is 23.8 Å². The maximum absolute atomic E-state index is 6.27. The summed E-state index contributed by atoms with van der Waals surface area (Å²) in [4.78, 5) is 2.10. The van der Waals surface area contributed by atoms with Gasteiger partial charge >= 0.3 is 0 Å². The van der Waals surface area contributed by atoms with Gasteiger partial charge in [-0.25, -0.2) is 0 Å². The van der Waals surface area contributed by atoms with Crippen molar-refractivity contribution in [2.75, 3.05) is 18.0 Å². The number of nitrogens with zero attached hydrogens (tertiary/aromatic N) is 1. The maximum atomic E-state index is 6.27. The van der Waals surface area contributed by atoms with Gasteiger partial charge in [0.2, 0.25) is 0 Å². The molecule has 2 nitrogen and oxygen atoms in total. The fourth-order valence-electron chi connectivity index (χ4n) is 1.73. The van der Waals surface area contributed by atoms with E-state index in [0.717, 1.165) is 24.2 Å². The van der Waals surface area contributed by atoms with Gasteiger partial charge in [-0.15, -0.1) is 6.42 Å². The van der Waals surface area contributed by atoms with Crippen molar-refractivity contribution in [3.05, 3.63) is 28.8 Å². The third-order valence-corrected chi connectivity index (χ3v) is 2.92. The second-order valence-electron chi connectivity index (χ2n) is 4.13. The number of anilines is 1. The van der Waals surface area contributed by atoms with Crippen LogP contribution in [-0.2, 0) is 0 Å². The highest BCUT2D eigenvalue weighted by Gasteiger charge is 2.10. The molecule has 17 heavy (non-hydrogen) atoms. The van der Waals surface area contributed by atoms with E-state index in [2.05, 4.69) is 17.7 Å². The van der Waals surface area contributed by atoms with Gasteiger partial charge in [0.05, 0.1) is 17.3 Å². The number of hydrogen-bond acceptors (Lipinski definition) is 2. The minimum Gasteiger partial charge on any atom is -0.359 e. The Morgan fingerprint density at radius 3 is 2.71 bits per heavy atom. The lowest BCUT2D eigenvalue weighted by Gasteiger charge is -2.23. The molecule has 0 heterocycles. The Hall–Kier alpha value is -1.17. The van der Waals surface area contributed by atoms with Crippen LogP contribution < -0.4 is 10.6 Å². The summed E-state index contributed by atoms with van der Waals surface area (Å²) in [5.74, 6) is 2.66. The fourth-order valence-corrected chi connectivity index (χ4v) is 2.04. The third kappa shape index (κ3) is 3.66. The van der Waals surface area contributed by atoms with Crippen molar-refractivity contribution in [3.63, 3.8) is 0 Å². The van der Waals surface area contributed by atoms with Gasteiger partial charge in [-0.05, 0) is 31.0 Å². The summed E-state index contributed by atoms with van der Waals surface area (Å²) in [6, 6.07) is 5.91. The van der Waals surface area contributed by atoms with Crippen LogP contribution in [0.25, 0.3) is 0 Å². The molecule has 0 spiro atoms. The minimum absolute atomic E-state index is 0.00573. The summed E-state index contributed by atoms with van der Waals surface area (Å²) >= 11 is 6.27. The molecule has 0 saturated heterocycles. The number of rotatable bonds is 5. The summed E-state index contributed by atoms with van der Waals surface area (Å²) in [5.41, 5.74) is 7.84. The molecule has 1 atom stereocenters. The normalized spacial score (nSPS) is 11.9. The van der Waals surface area contributed by atoms with Gasteiger partial charge in [-0.2, -0.15) is 0 Å². The van der Waals surface area contributed by atoms with Crippen molar-refractivity contribution >= 4 is 17.3 Å². The Balaban J connectivity index is 3.00. The zero-order valence-corrected chi connectivity index (χ0v) is 11.2. The molecule has 3 heteroatoms. The smallest absolute Gasteiger partial charge is 0.0792 e. The van der Waals surface area contributed by atoms with Gasteiger partial charge in [0.15, 0.2) is 0 Å². The Labute approximate surface area is 109 Å². The molecule has 0 fully saturated rings. The van der Waals surface area contributed by atoms with Crippen LogP contribution in [0.3, 0.4) is 0 Å². The first-order valence-corrected chi connectivity index (χ1v) is 6.21. The van der Waals surface area contributed by atoms with Crippen LogP contribution in [0.4, 0.5) is 5.69 Å². The molecule has 92 valence electrons. The van der Waals surface area contributed by atoms with E-state index in [1.165, 1.54) is 0 Å². The van der Waals surface area contributed by atoms with Crippen molar-refractivity contribution in [1.82, 2.24) is 0 Å². The molecule has 1 unspecified atom stereocenters. The second kappa shape index (κ2) is 6.54. The predicted molar refractivity (Wildman–Crippen MR) is 75.4 cm³/mol. The van der Waals surface area contributed by atoms with E-state index < -0.39 is 0 Å². The van der Waals surface area contributed by atoms with Crippen LogP contribution in [0.2, 0.25) is 5.02 Å². The van der Waals surface area contributed by atoms with Crippen LogP contribution in [0.5, 0.6) is 0 Å². The van der Waals surface area contributed by atoms with Crippen molar-refractivity contribution in [1.29, 1.82) is 0 Å². The lowest BCUT2D eigenvalue weighted by molar-refractivity contribution is 0.809. The molecule has 1 aromatic rings. The van der Waals surface area contributed by atoms with Crippen LogP contribution >= 0.6 is 11.6 Å². The number of hydrogen-bond donors (Lipinski definition) is 1. The van der Waals surface area contributed by atoms with Gasteiger partial charge in [-0.1, -0.05) is 30.5 Å². The largest absolute Gasteiger partial charge is 0.359 e. The highest BCUT2D eigenvalue weighted by atomic mass is 35.5. The van der Waals surface area contributed by atoms with E-state index in [0.29, 0.717) is 11.6 Å². The van der Waals surface area contributed by atoms with E-state index in [-0.39, 0.29) is 6.04 Å². The molecular weight excluding hydrogens is 232 g/mol. The van der Waals surface area contributed by atoms with Crippen molar-refractivity contribution in [2.24, 2.45) is 5.73 Å². The highest BCUT2D eigenvalue weighted by molar-refractivity contribution is 6.33. The van der Waals surface area contributed by atoms with E-state index in [1.54, 1.807) is 0 Å². The molecule has 0 aliphatic heterocycles. The topological polar surface area (TPSA) is 29.3 Å². The summed E-state index contributed by atoms with van der Waals surface area (Å²) in [6.45, 7) is 5.54. The molecule has 0 aromatic heterocycles. The van der Waals surface area contributed by atoms with E-state index in [1.807, 2.05) is 25.1 Å². The summed E-state index contributed by atoms with van der Waals surface area (Å²) < 4.78 is 0. The Bertz CT molecular complexity index is 407. The quantitative estimate of drug-likeness (QED) is 0.814. The SMILES string of the molecule is C#CCN(CCC)c1ccc(C(C)N)cc1Cl. The highest BCUT2D eigenvalue weighted by Crippen LogP contribution is 2.28. The third-order valence-electron chi connectivity index (χ3n) is 2.61. The average molecular weight is 251 g/mol. The van der Waals surface area contributed by atoms with Gasteiger partial charge in [0, 0.05) is 12.6 Å². The molecule has 0 amide bonds. The monoisotopic (exact) mass is 250 g/mol. The Morgan fingerprint density at radius 1 is 1.53 bits per heavy atom. The van der Waals surface area contributed by atoms with Crippen molar-refractivity contribution < 1.29 is 0 Å². The Morgan fingerprint density at radius 2 is 2.24 bits per heavy atom. The van der Waals surface area contributed by atoms with E-state index >= 15 is 0 Å². The lowest BCUT2D eigenvalue weighted by atomic mass is 10.1. The van der Waals surface area contributed by atoms with Crippen LogP contribution in [-0.4, -0.2) is 13.1 Å². The van der Waals surface area contributed by atoms with Gasteiger partial charge in [0.1, 0.15) is 0 Å². The number of benzene rings is 1. The molecule has 1 rings (SSSR count). The van der Waals surface area contributed by atoms with Crippen molar-refractivity contribution in [3.8, 4) is 12.3 Å². The van der Waals surface area contributed by atoms with Gasteiger partial charge in [0.25, 0.3) is 0 Å². The molecule has 1 aromatic carbocycles. The molecule has 0 aliphatic rings. The second-order valence-corrected chi connectivity index (χ2v) is 4.53. The zero-order valence-electron chi connectivity index (χ0n) is 10.4. The summed E-state index contributed by atoms with van der Waals surface area (Å²) in [7, 11) is 0. The lowest BCUT2D eigenvalue weighted by Crippen LogP contribution is -2.24. The molecule has 0 aliphatic carbocycles. The predicted octanol–water partition coefficient (Wildman–Crippen LogP) is 3.21. The molecule has 0 saturated carbocycles. The standard InChI is InChI=1S/C14H19ClN2/c1-4-8-17(9-5-2)14-7-6-12(11(3)16)10-13(14)15/h1,6-7,10-11H,5,8-9,16H2,2-3H3. The zero-order chi connectivity index (χ0) is 12.8. The average Bonchev–Trinajstić information content (AvgIpc) is 2.28. The number of halogens is 1. The van der Waals surface area contributed by atoms with Gasteiger partial charge in [-0.3, -0.25) is 0 Å². The van der Waals surface area contributed by atoms with Gasteiger partial charge < -0.3 is 10.6 Å². The molecular formula is C14H19ClN2. The molecule has 0 radical (unpaired) electrons. The van der Waals surface area contributed by atoms with Crippen LogP contribution in [0.15, 0.2) is 18.2 Å². The van der Waals surface area contributed by atoms with E-state index in [9.17, 15) is 0 Å². The maximum Gasteiger partial charge on any atom is 0.0792 e. The first-order valence-electron chi connectivity index (χ1n) is 5.83. The first kappa shape index (κ1) is 13.9. The Kier molecular flexibility index (Phi) is 5.34. The molecule has 0 bridgehead atoms.